The molecule has 0 amide bonds. The highest BCUT2D eigenvalue weighted by atomic mass is 35.5. The van der Waals surface area contributed by atoms with Crippen molar-refractivity contribution in [2.45, 2.75) is 31.7 Å². The molecule has 1 aliphatic carbocycles. The Bertz CT molecular complexity index is 153. The van der Waals surface area contributed by atoms with Crippen molar-refractivity contribution < 1.29 is 0 Å². The van der Waals surface area contributed by atoms with Crippen LogP contribution in [0.3, 0.4) is 0 Å². The predicted octanol–water partition coefficient (Wildman–Crippen LogP) is 1.91. The van der Waals surface area contributed by atoms with Gasteiger partial charge in [0.2, 0.25) is 0 Å². The van der Waals surface area contributed by atoms with Crippen LogP contribution in [0.4, 0.5) is 0 Å². The van der Waals surface area contributed by atoms with Gasteiger partial charge in [-0.25, -0.2) is 0 Å². The first-order valence-corrected chi connectivity index (χ1v) is 4.13. The lowest BCUT2D eigenvalue weighted by Crippen LogP contribution is -2.30. The Kier molecular flexibility index (Phi) is 2.37. The normalized spacial score (nSPS) is 41.2. The van der Waals surface area contributed by atoms with Crippen LogP contribution in [-0.2, 0) is 0 Å². The first-order valence-electron chi connectivity index (χ1n) is 3.69. The van der Waals surface area contributed by atoms with Gasteiger partial charge in [0, 0.05) is 6.04 Å². The summed E-state index contributed by atoms with van der Waals surface area (Å²) in [4.78, 5) is 0. The number of halogens is 1. The van der Waals surface area contributed by atoms with Gasteiger partial charge in [-0.15, -0.1) is 11.6 Å². The number of allylic oxidation sites excluding steroid dienone is 1. The zero-order valence-corrected chi connectivity index (χ0v) is 7.23. The van der Waals surface area contributed by atoms with Gasteiger partial charge >= 0.3 is 0 Å². The molecule has 0 aromatic rings. The highest BCUT2D eigenvalue weighted by Gasteiger charge is 2.22. The van der Waals surface area contributed by atoms with Crippen molar-refractivity contribution in [2.75, 3.05) is 0 Å². The average molecular weight is 160 g/mol. The second-order valence-corrected chi connectivity index (χ2v) is 3.66. The topological polar surface area (TPSA) is 26.0 Å². The minimum atomic E-state index is 0.208. The second kappa shape index (κ2) is 2.93. The molecule has 0 saturated heterocycles. The number of hydrogen-bond donors (Lipinski definition) is 1. The van der Waals surface area contributed by atoms with Crippen LogP contribution in [-0.4, -0.2) is 11.4 Å². The molecule has 0 fully saturated rings. The van der Waals surface area contributed by atoms with Crippen LogP contribution in [0.25, 0.3) is 0 Å². The molecule has 0 heterocycles. The van der Waals surface area contributed by atoms with Crippen LogP contribution in [0.5, 0.6) is 0 Å². The summed E-state index contributed by atoms with van der Waals surface area (Å²) in [6.45, 7) is 4.20. The van der Waals surface area contributed by atoms with Gasteiger partial charge in [-0.3, -0.25) is 0 Å². The van der Waals surface area contributed by atoms with E-state index in [4.69, 9.17) is 17.3 Å². The summed E-state index contributed by atoms with van der Waals surface area (Å²) < 4.78 is 0. The quantitative estimate of drug-likeness (QED) is 0.424. The van der Waals surface area contributed by atoms with E-state index in [0.29, 0.717) is 5.92 Å². The van der Waals surface area contributed by atoms with Crippen LogP contribution in [0.15, 0.2) is 11.6 Å². The van der Waals surface area contributed by atoms with Crippen LogP contribution < -0.4 is 5.73 Å². The number of hydrogen-bond acceptors (Lipinski definition) is 1. The Morgan fingerprint density at radius 1 is 1.70 bits per heavy atom. The fourth-order valence-electron chi connectivity index (χ4n) is 1.50. The van der Waals surface area contributed by atoms with E-state index in [9.17, 15) is 0 Å². The van der Waals surface area contributed by atoms with Crippen molar-refractivity contribution in [2.24, 2.45) is 11.7 Å². The molecule has 0 saturated carbocycles. The summed E-state index contributed by atoms with van der Waals surface area (Å²) in [5, 5.41) is 0.208. The molecule has 0 radical (unpaired) electrons. The molecule has 2 N–H and O–H groups in total. The van der Waals surface area contributed by atoms with E-state index in [-0.39, 0.29) is 11.4 Å². The molecule has 1 nitrogen and oxygen atoms in total. The van der Waals surface area contributed by atoms with Crippen LogP contribution in [0.2, 0.25) is 0 Å². The Labute approximate surface area is 67.2 Å². The molecule has 2 heteroatoms. The molecule has 0 bridgehead atoms. The lowest BCUT2D eigenvalue weighted by Gasteiger charge is -2.26. The lowest BCUT2D eigenvalue weighted by molar-refractivity contribution is 0.478. The maximum absolute atomic E-state index is 6.06. The molecule has 58 valence electrons. The van der Waals surface area contributed by atoms with E-state index in [1.807, 2.05) is 6.92 Å². The van der Waals surface area contributed by atoms with Crippen LogP contribution in [0.1, 0.15) is 20.3 Å². The van der Waals surface area contributed by atoms with Crippen molar-refractivity contribution in [3.05, 3.63) is 11.6 Å². The smallest absolute Gasteiger partial charge is 0.0569 e. The summed E-state index contributed by atoms with van der Waals surface area (Å²) in [7, 11) is 0. The van der Waals surface area contributed by atoms with Crippen molar-refractivity contribution >= 4 is 11.6 Å². The molecule has 3 atom stereocenters. The van der Waals surface area contributed by atoms with Gasteiger partial charge in [-0.1, -0.05) is 18.6 Å². The average Bonchev–Trinajstić information content (AvgIpc) is 1.82. The maximum atomic E-state index is 6.06. The van der Waals surface area contributed by atoms with Crippen molar-refractivity contribution in [3.8, 4) is 0 Å². The molecule has 10 heavy (non-hydrogen) atoms. The molecular formula is C8H14ClN. The van der Waals surface area contributed by atoms with Crippen molar-refractivity contribution in [1.29, 1.82) is 0 Å². The van der Waals surface area contributed by atoms with Gasteiger partial charge in [0.1, 0.15) is 0 Å². The molecule has 1 aliphatic rings. The minimum Gasteiger partial charge on any atom is -0.324 e. The van der Waals surface area contributed by atoms with Gasteiger partial charge in [0.05, 0.1) is 5.38 Å². The zero-order chi connectivity index (χ0) is 7.72. The number of rotatable bonds is 0. The van der Waals surface area contributed by atoms with E-state index in [1.54, 1.807) is 0 Å². The van der Waals surface area contributed by atoms with Crippen molar-refractivity contribution in [3.63, 3.8) is 0 Å². The van der Waals surface area contributed by atoms with Crippen LogP contribution in [0, 0.1) is 5.92 Å². The van der Waals surface area contributed by atoms with E-state index >= 15 is 0 Å². The fraction of sp³-hybridized carbons (Fsp3) is 0.750. The third kappa shape index (κ3) is 1.53. The Balaban J connectivity index is 2.71. The Morgan fingerprint density at radius 3 is 2.80 bits per heavy atom. The SMILES string of the molecule is CC1=C[C@@H](N)CC(C)C1Cl. The maximum Gasteiger partial charge on any atom is 0.0569 e. The van der Waals surface area contributed by atoms with E-state index in [2.05, 4.69) is 13.0 Å². The largest absolute Gasteiger partial charge is 0.324 e. The molecule has 0 spiro atoms. The Morgan fingerprint density at radius 2 is 2.30 bits per heavy atom. The molecule has 2 unspecified atom stereocenters. The van der Waals surface area contributed by atoms with Gasteiger partial charge in [0.25, 0.3) is 0 Å². The Hall–Kier alpha value is -0.0100. The summed E-state index contributed by atoms with van der Waals surface area (Å²) in [5.74, 6) is 0.529. The molecule has 1 rings (SSSR count). The van der Waals surface area contributed by atoms with E-state index < -0.39 is 0 Å². The van der Waals surface area contributed by atoms with E-state index in [1.165, 1.54) is 5.57 Å². The van der Waals surface area contributed by atoms with Crippen molar-refractivity contribution in [1.82, 2.24) is 0 Å². The van der Waals surface area contributed by atoms with Gasteiger partial charge in [-0.05, 0) is 19.3 Å². The zero-order valence-electron chi connectivity index (χ0n) is 6.47. The van der Waals surface area contributed by atoms with Gasteiger partial charge < -0.3 is 5.73 Å². The molecule has 0 aromatic carbocycles. The van der Waals surface area contributed by atoms with Gasteiger partial charge in [-0.2, -0.15) is 0 Å². The molecule has 0 aliphatic heterocycles. The number of nitrogens with two attached hydrogens (primary N) is 1. The molecular weight excluding hydrogens is 146 g/mol. The summed E-state index contributed by atoms with van der Waals surface area (Å²) in [5.41, 5.74) is 6.97. The highest BCUT2D eigenvalue weighted by Crippen LogP contribution is 2.27. The third-order valence-electron chi connectivity index (χ3n) is 2.06. The third-order valence-corrected chi connectivity index (χ3v) is 2.83. The fourth-order valence-corrected chi connectivity index (χ4v) is 1.67. The summed E-state index contributed by atoms with van der Waals surface area (Å²) in [6.07, 6.45) is 3.09. The predicted molar refractivity (Wildman–Crippen MR) is 45.2 cm³/mol. The van der Waals surface area contributed by atoms with E-state index in [0.717, 1.165) is 6.42 Å². The standard InChI is InChI=1S/C8H14ClN/c1-5-3-7(10)4-6(2)8(5)9/h3,6-8H,4,10H2,1-2H3/t6?,7-,8?/m1/s1. The lowest BCUT2D eigenvalue weighted by atomic mass is 9.88. The highest BCUT2D eigenvalue weighted by molar-refractivity contribution is 6.22. The summed E-state index contributed by atoms with van der Waals surface area (Å²) >= 11 is 6.06. The number of alkyl halides is 1. The minimum absolute atomic E-state index is 0.208. The summed E-state index contributed by atoms with van der Waals surface area (Å²) in [6, 6.07) is 0.227. The molecule has 0 aromatic heterocycles. The van der Waals surface area contributed by atoms with Gasteiger partial charge in [0.15, 0.2) is 0 Å². The first kappa shape index (κ1) is 8.09. The van der Waals surface area contributed by atoms with Crippen LogP contribution >= 0.6 is 11.6 Å². The second-order valence-electron chi connectivity index (χ2n) is 3.19. The first-order chi connectivity index (χ1) is 4.61. The monoisotopic (exact) mass is 159 g/mol.